The van der Waals surface area contributed by atoms with E-state index in [0.717, 1.165) is 24.5 Å². The molecule has 1 fully saturated rings. The minimum Gasteiger partial charge on any atom is -0.355 e. The Morgan fingerprint density at radius 1 is 1.00 bits per heavy atom. The molecule has 168 valence electrons. The van der Waals surface area contributed by atoms with Crippen molar-refractivity contribution in [2.45, 2.75) is 19.3 Å². The Bertz CT molecular complexity index is 957. The van der Waals surface area contributed by atoms with E-state index in [1.165, 1.54) is 0 Å². The van der Waals surface area contributed by atoms with Gasteiger partial charge >= 0.3 is 0 Å². The van der Waals surface area contributed by atoms with Gasteiger partial charge in [-0.1, -0.05) is 42.0 Å². The lowest BCUT2D eigenvalue weighted by molar-refractivity contribution is -0.142. The van der Waals surface area contributed by atoms with E-state index < -0.39 is 0 Å². The van der Waals surface area contributed by atoms with Crippen LogP contribution < -0.4 is 10.2 Å². The molecule has 2 aromatic rings. The van der Waals surface area contributed by atoms with Crippen molar-refractivity contribution in [1.29, 1.82) is 0 Å². The number of halogens is 1. The fraction of sp³-hybridized carbons (Fsp3) is 0.400. The summed E-state index contributed by atoms with van der Waals surface area (Å²) in [5.41, 5.74) is 1.08. The predicted octanol–water partition coefficient (Wildman–Crippen LogP) is 3.32. The summed E-state index contributed by atoms with van der Waals surface area (Å²) in [6.45, 7) is 3.34. The Morgan fingerprint density at radius 3 is 2.50 bits per heavy atom. The van der Waals surface area contributed by atoms with Crippen molar-refractivity contribution in [2.75, 3.05) is 37.6 Å². The lowest BCUT2D eigenvalue weighted by Gasteiger charge is -2.38. The van der Waals surface area contributed by atoms with E-state index in [-0.39, 0.29) is 23.7 Å². The molecule has 4 rings (SSSR count). The van der Waals surface area contributed by atoms with Crippen molar-refractivity contribution >= 4 is 29.2 Å². The van der Waals surface area contributed by atoms with Gasteiger partial charge in [0, 0.05) is 43.9 Å². The van der Waals surface area contributed by atoms with Gasteiger partial charge in [-0.15, -0.1) is 0 Å². The Labute approximate surface area is 194 Å². The number of nitrogens with zero attached hydrogens (tertiary/aromatic N) is 3. The van der Waals surface area contributed by atoms with Gasteiger partial charge in [-0.25, -0.2) is 4.98 Å². The Hall–Kier alpha value is -2.86. The van der Waals surface area contributed by atoms with Crippen LogP contribution in [0, 0.1) is 11.8 Å². The van der Waals surface area contributed by atoms with Crippen molar-refractivity contribution < 1.29 is 9.59 Å². The highest BCUT2D eigenvalue weighted by atomic mass is 35.5. The van der Waals surface area contributed by atoms with E-state index >= 15 is 0 Å². The monoisotopic (exact) mass is 452 g/mol. The van der Waals surface area contributed by atoms with Gasteiger partial charge in [-0.05, 0) is 49.1 Å². The smallest absolute Gasteiger partial charge is 0.226 e. The zero-order chi connectivity index (χ0) is 22.3. The summed E-state index contributed by atoms with van der Waals surface area (Å²) < 4.78 is 0. The van der Waals surface area contributed by atoms with E-state index in [2.05, 4.69) is 15.2 Å². The molecule has 0 radical (unpaired) electrons. The largest absolute Gasteiger partial charge is 0.355 e. The SMILES string of the molecule is O=C(NCCc1cccc(Cl)c1)C1CC=CCC1C(=O)N1CCN(c2ccccn2)CC1. The van der Waals surface area contributed by atoms with Gasteiger partial charge in [0.05, 0.1) is 11.8 Å². The van der Waals surface area contributed by atoms with Crippen LogP contribution in [0.5, 0.6) is 0 Å². The third kappa shape index (κ3) is 5.49. The van der Waals surface area contributed by atoms with Crippen LogP contribution in [0.3, 0.4) is 0 Å². The van der Waals surface area contributed by atoms with Crippen LogP contribution in [0.1, 0.15) is 18.4 Å². The number of rotatable bonds is 6. The van der Waals surface area contributed by atoms with Crippen molar-refractivity contribution in [3.63, 3.8) is 0 Å². The van der Waals surface area contributed by atoms with Gasteiger partial charge in [0.25, 0.3) is 0 Å². The van der Waals surface area contributed by atoms with Crippen LogP contribution >= 0.6 is 11.6 Å². The van der Waals surface area contributed by atoms with E-state index in [4.69, 9.17) is 11.6 Å². The molecule has 0 spiro atoms. The summed E-state index contributed by atoms with van der Waals surface area (Å²) in [5, 5.41) is 3.73. The number of aromatic nitrogens is 1. The summed E-state index contributed by atoms with van der Waals surface area (Å²) in [4.78, 5) is 34.8. The molecule has 2 unspecified atom stereocenters. The molecule has 1 saturated heterocycles. The normalized spacial score (nSPS) is 20.8. The topological polar surface area (TPSA) is 65.5 Å². The molecule has 0 saturated carbocycles. The first-order valence-electron chi connectivity index (χ1n) is 11.2. The van der Waals surface area contributed by atoms with E-state index in [1.807, 2.05) is 59.5 Å². The van der Waals surface area contributed by atoms with Gasteiger partial charge in [-0.3, -0.25) is 9.59 Å². The Balaban J connectivity index is 1.31. The predicted molar refractivity (Wildman–Crippen MR) is 127 cm³/mol. The average molecular weight is 453 g/mol. The number of pyridine rings is 1. The second kappa shape index (κ2) is 10.6. The molecule has 2 atom stereocenters. The number of nitrogens with one attached hydrogen (secondary N) is 1. The maximum Gasteiger partial charge on any atom is 0.226 e. The van der Waals surface area contributed by atoms with Crippen molar-refractivity contribution in [1.82, 2.24) is 15.2 Å². The van der Waals surface area contributed by atoms with Gasteiger partial charge in [0.15, 0.2) is 0 Å². The standard InChI is InChI=1S/C25H29ClN4O2/c26-20-7-5-6-19(18-20)11-13-28-24(31)21-8-1-2-9-22(21)25(32)30-16-14-29(15-17-30)23-10-3-4-12-27-23/h1-7,10,12,18,21-22H,8-9,11,13-17H2,(H,28,31). The van der Waals surface area contributed by atoms with Crippen molar-refractivity contribution in [2.24, 2.45) is 11.8 Å². The van der Waals surface area contributed by atoms with Crippen LogP contribution in [-0.2, 0) is 16.0 Å². The number of benzene rings is 1. The Kier molecular flexibility index (Phi) is 7.43. The van der Waals surface area contributed by atoms with E-state index in [9.17, 15) is 9.59 Å². The molecule has 1 aromatic heterocycles. The van der Waals surface area contributed by atoms with Gasteiger partial charge in [0.2, 0.25) is 11.8 Å². The van der Waals surface area contributed by atoms with Crippen LogP contribution in [0.2, 0.25) is 5.02 Å². The summed E-state index contributed by atoms with van der Waals surface area (Å²) in [6.07, 6.45) is 7.77. The third-order valence-electron chi connectivity index (χ3n) is 6.25. The number of anilines is 1. The Morgan fingerprint density at radius 2 is 1.78 bits per heavy atom. The molecule has 1 aliphatic carbocycles. The lowest BCUT2D eigenvalue weighted by atomic mass is 9.81. The summed E-state index contributed by atoms with van der Waals surface area (Å²) in [7, 11) is 0. The first-order chi connectivity index (χ1) is 15.6. The number of allylic oxidation sites excluding steroid dienone is 2. The average Bonchev–Trinajstić information content (AvgIpc) is 2.84. The summed E-state index contributed by atoms with van der Waals surface area (Å²) in [5.74, 6) is 0.372. The highest BCUT2D eigenvalue weighted by Crippen LogP contribution is 2.28. The zero-order valence-electron chi connectivity index (χ0n) is 18.1. The van der Waals surface area contributed by atoms with Crippen LogP contribution in [0.4, 0.5) is 5.82 Å². The number of carbonyl (C=O) groups excluding carboxylic acids is 2. The minimum atomic E-state index is -0.319. The molecule has 1 N–H and O–H groups in total. The molecule has 1 aliphatic heterocycles. The highest BCUT2D eigenvalue weighted by Gasteiger charge is 2.37. The van der Waals surface area contributed by atoms with Crippen molar-refractivity contribution in [3.8, 4) is 0 Å². The van der Waals surface area contributed by atoms with Crippen LogP contribution in [0.15, 0.2) is 60.8 Å². The van der Waals surface area contributed by atoms with E-state index in [0.29, 0.717) is 43.9 Å². The van der Waals surface area contributed by atoms with Crippen LogP contribution in [-0.4, -0.2) is 54.4 Å². The molecule has 2 amide bonds. The first kappa shape index (κ1) is 22.3. The second-order valence-electron chi connectivity index (χ2n) is 8.33. The molecule has 7 heteroatoms. The quantitative estimate of drug-likeness (QED) is 0.683. The molecule has 0 bridgehead atoms. The first-order valence-corrected chi connectivity index (χ1v) is 11.6. The minimum absolute atomic E-state index is 0.0400. The number of amides is 2. The zero-order valence-corrected chi connectivity index (χ0v) is 18.9. The fourth-order valence-electron chi connectivity index (χ4n) is 4.46. The number of hydrogen-bond donors (Lipinski definition) is 1. The fourth-order valence-corrected chi connectivity index (χ4v) is 4.67. The van der Waals surface area contributed by atoms with E-state index in [1.54, 1.807) is 6.20 Å². The highest BCUT2D eigenvalue weighted by molar-refractivity contribution is 6.30. The molecule has 1 aromatic carbocycles. The maximum atomic E-state index is 13.3. The third-order valence-corrected chi connectivity index (χ3v) is 6.49. The number of hydrogen-bond acceptors (Lipinski definition) is 4. The van der Waals surface area contributed by atoms with Crippen molar-refractivity contribution in [3.05, 3.63) is 71.4 Å². The molecule has 2 aliphatic rings. The molecular formula is C25H29ClN4O2. The summed E-state index contributed by atoms with van der Waals surface area (Å²) >= 11 is 6.04. The lowest BCUT2D eigenvalue weighted by Crippen LogP contribution is -2.52. The van der Waals surface area contributed by atoms with Gasteiger partial charge in [-0.2, -0.15) is 0 Å². The van der Waals surface area contributed by atoms with Crippen LogP contribution in [0.25, 0.3) is 0 Å². The summed E-state index contributed by atoms with van der Waals surface area (Å²) in [6, 6.07) is 13.5. The molecule has 2 heterocycles. The molecule has 6 nitrogen and oxygen atoms in total. The maximum absolute atomic E-state index is 13.3. The number of carbonyl (C=O) groups is 2. The number of piperazine rings is 1. The van der Waals surface area contributed by atoms with Gasteiger partial charge < -0.3 is 15.1 Å². The van der Waals surface area contributed by atoms with Gasteiger partial charge in [0.1, 0.15) is 5.82 Å². The molecular weight excluding hydrogens is 424 g/mol. The molecule has 32 heavy (non-hydrogen) atoms. The second-order valence-corrected chi connectivity index (χ2v) is 8.76.